The highest BCUT2D eigenvalue weighted by Crippen LogP contribution is 2.37. The summed E-state index contributed by atoms with van der Waals surface area (Å²) >= 11 is 9.83. The molecule has 1 saturated carbocycles. The molecular weight excluding hydrogens is 412 g/mol. The van der Waals surface area contributed by atoms with Gasteiger partial charge in [0.1, 0.15) is 4.32 Å². The first kappa shape index (κ1) is 17.6. The molecule has 8 heteroatoms. The Bertz CT molecular complexity index is 745. The third kappa shape index (κ3) is 3.55. The van der Waals surface area contributed by atoms with Gasteiger partial charge in [0, 0.05) is 12.1 Å². The summed E-state index contributed by atoms with van der Waals surface area (Å²) in [6.07, 6.45) is 7.12. The van der Waals surface area contributed by atoms with Crippen LogP contribution in [-0.2, 0) is 4.79 Å². The van der Waals surface area contributed by atoms with Crippen LogP contribution in [0.4, 0.5) is 5.69 Å². The smallest absolute Gasteiger partial charge is 0.284 e. The van der Waals surface area contributed by atoms with Gasteiger partial charge in [0.2, 0.25) is 0 Å². The largest absolute Gasteiger partial charge is 0.290 e. The number of thiocarbonyl (C=S) groups is 1. The van der Waals surface area contributed by atoms with Crippen LogP contribution in [0, 0.1) is 10.1 Å². The Morgan fingerprint density at radius 2 is 2.04 bits per heavy atom. The number of carbonyl (C=O) groups is 1. The molecule has 2 fully saturated rings. The van der Waals surface area contributed by atoms with Crippen molar-refractivity contribution < 1.29 is 9.72 Å². The Hall–Kier alpha value is -1.25. The minimum atomic E-state index is -0.450. The molecule has 1 saturated heterocycles. The van der Waals surface area contributed by atoms with Crippen molar-refractivity contribution in [2.75, 3.05) is 0 Å². The van der Waals surface area contributed by atoms with E-state index in [1.807, 2.05) is 0 Å². The maximum absolute atomic E-state index is 12.7. The van der Waals surface area contributed by atoms with Crippen molar-refractivity contribution in [1.82, 2.24) is 4.90 Å². The molecular formula is C16H15BrN2O3S2. The third-order valence-corrected chi connectivity index (χ3v) is 6.23. The fourth-order valence-corrected chi connectivity index (χ4v) is 4.84. The van der Waals surface area contributed by atoms with Crippen LogP contribution < -0.4 is 0 Å². The standard InChI is InChI=1S/C16H15BrN2O3S2/c17-12-7-6-10(8-13(12)19(21)22)9-14-15(20)18(16(23)24-14)11-4-2-1-3-5-11/h6-9,11H,1-5H2/b14-9+. The maximum atomic E-state index is 12.7. The first-order valence-corrected chi connectivity index (χ1v) is 9.70. The summed E-state index contributed by atoms with van der Waals surface area (Å²) in [7, 11) is 0. The van der Waals surface area contributed by atoms with Crippen LogP contribution in [0.5, 0.6) is 0 Å². The zero-order valence-electron chi connectivity index (χ0n) is 12.7. The molecule has 0 spiro atoms. The van der Waals surface area contributed by atoms with Crippen molar-refractivity contribution in [2.24, 2.45) is 0 Å². The summed E-state index contributed by atoms with van der Waals surface area (Å²) in [6.45, 7) is 0. The molecule has 2 aliphatic rings. The Morgan fingerprint density at radius 1 is 1.33 bits per heavy atom. The molecule has 1 amide bonds. The lowest BCUT2D eigenvalue weighted by Crippen LogP contribution is -2.39. The van der Waals surface area contributed by atoms with Crippen LogP contribution in [-0.4, -0.2) is 26.1 Å². The van der Waals surface area contributed by atoms with Gasteiger partial charge in [-0.1, -0.05) is 49.3 Å². The van der Waals surface area contributed by atoms with Gasteiger partial charge in [-0.15, -0.1) is 0 Å². The summed E-state index contributed by atoms with van der Waals surface area (Å²) in [5.41, 5.74) is 0.598. The second-order valence-corrected chi connectivity index (χ2v) is 8.34. The highest BCUT2D eigenvalue weighted by molar-refractivity contribution is 9.10. The molecule has 5 nitrogen and oxygen atoms in total. The molecule has 1 aromatic rings. The van der Waals surface area contributed by atoms with E-state index in [0.717, 1.165) is 25.7 Å². The Morgan fingerprint density at radius 3 is 2.71 bits per heavy atom. The van der Waals surface area contributed by atoms with E-state index in [0.29, 0.717) is 19.3 Å². The SMILES string of the molecule is O=C1/C(=C\c2ccc(Br)c([N+](=O)[O-])c2)SC(=S)N1C1CCCCC1. The first-order chi connectivity index (χ1) is 11.5. The molecule has 0 aromatic heterocycles. The lowest BCUT2D eigenvalue weighted by Gasteiger charge is -2.29. The fourth-order valence-electron chi connectivity index (χ4n) is 3.04. The minimum absolute atomic E-state index is 0.0218. The summed E-state index contributed by atoms with van der Waals surface area (Å²) in [6, 6.07) is 5.00. The molecule has 0 bridgehead atoms. The van der Waals surface area contributed by atoms with E-state index in [9.17, 15) is 14.9 Å². The van der Waals surface area contributed by atoms with Crippen molar-refractivity contribution in [3.63, 3.8) is 0 Å². The van der Waals surface area contributed by atoms with Crippen LogP contribution in [0.15, 0.2) is 27.6 Å². The predicted octanol–water partition coefficient (Wildman–Crippen LogP) is 4.89. The lowest BCUT2D eigenvalue weighted by molar-refractivity contribution is -0.385. The minimum Gasteiger partial charge on any atom is -0.290 e. The molecule has 0 N–H and O–H groups in total. The molecule has 1 aromatic carbocycles. The number of amides is 1. The van der Waals surface area contributed by atoms with Crippen LogP contribution in [0.2, 0.25) is 0 Å². The lowest BCUT2D eigenvalue weighted by atomic mass is 9.94. The van der Waals surface area contributed by atoms with Crippen molar-refractivity contribution in [1.29, 1.82) is 0 Å². The number of carbonyl (C=O) groups excluding carboxylic acids is 1. The third-order valence-electron chi connectivity index (χ3n) is 4.23. The van der Waals surface area contributed by atoms with Crippen molar-refractivity contribution in [3.05, 3.63) is 43.3 Å². The van der Waals surface area contributed by atoms with Crippen LogP contribution in [0.25, 0.3) is 6.08 Å². The molecule has 1 aliphatic carbocycles. The zero-order chi connectivity index (χ0) is 17.3. The Kier molecular flexibility index (Phi) is 5.36. The van der Waals surface area contributed by atoms with Gasteiger partial charge in [-0.3, -0.25) is 19.8 Å². The van der Waals surface area contributed by atoms with Crippen LogP contribution in [0.1, 0.15) is 37.7 Å². The quantitative estimate of drug-likeness (QED) is 0.298. The van der Waals surface area contributed by atoms with Crippen molar-refractivity contribution >= 4 is 61.9 Å². The highest BCUT2D eigenvalue weighted by atomic mass is 79.9. The number of rotatable bonds is 3. The number of nitro groups is 1. The van der Waals surface area contributed by atoms with Gasteiger partial charge >= 0.3 is 0 Å². The number of benzene rings is 1. The summed E-state index contributed by atoms with van der Waals surface area (Å²) in [5, 5.41) is 11.0. The normalized spacial score (nSPS) is 20.9. The van der Waals surface area contributed by atoms with Crippen LogP contribution in [0.3, 0.4) is 0 Å². The topological polar surface area (TPSA) is 63.4 Å². The van der Waals surface area contributed by atoms with Gasteiger partial charge in [-0.2, -0.15) is 0 Å². The molecule has 0 radical (unpaired) electrons. The summed E-state index contributed by atoms with van der Waals surface area (Å²) in [4.78, 5) is 25.6. The van der Waals surface area contributed by atoms with Crippen molar-refractivity contribution in [2.45, 2.75) is 38.1 Å². The molecule has 1 heterocycles. The fraction of sp³-hybridized carbons (Fsp3) is 0.375. The van der Waals surface area contributed by atoms with Gasteiger partial charge < -0.3 is 0 Å². The Labute approximate surface area is 157 Å². The van der Waals surface area contributed by atoms with E-state index in [2.05, 4.69) is 15.9 Å². The number of thioether (sulfide) groups is 1. The van der Waals surface area contributed by atoms with Gasteiger partial charge in [-0.05, 0) is 46.5 Å². The predicted molar refractivity (Wildman–Crippen MR) is 103 cm³/mol. The Balaban J connectivity index is 1.86. The molecule has 3 rings (SSSR count). The van der Waals surface area contributed by atoms with Crippen LogP contribution >= 0.6 is 39.9 Å². The molecule has 24 heavy (non-hydrogen) atoms. The second kappa shape index (κ2) is 7.33. The van der Waals surface area contributed by atoms with Crippen molar-refractivity contribution in [3.8, 4) is 0 Å². The molecule has 126 valence electrons. The molecule has 1 aliphatic heterocycles. The average Bonchev–Trinajstić information content (AvgIpc) is 2.83. The van der Waals surface area contributed by atoms with E-state index in [-0.39, 0.29) is 17.6 Å². The van der Waals surface area contributed by atoms with Gasteiger partial charge in [-0.25, -0.2) is 0 Å². The summed E-state index contributed by atoms with van der Waals surface area (Å²) in [5.74, 6) is -0.0810. The number of nitrogens with zero attached hydrogens (tertiary/aromatic N) is 2. The molecule has 0 atom stereocenters. The number of nitro benzene ring substituents is 1. The number of hydrogen-bond donors (Lipinski definition) is 0. The maximum Gasteiger partial charge on any atom is 0.284 e. The van der Waals surface area contributed by atoms with E-state index < -0.39 is 4.92 Å². The van der Waals surface area contributed by atoms with Gasteiger partial charge in [0.15, 0.2) is 0 Å². The molecule has 0 unspecified atom stereocenters. The number of halogens is 1. The summed E-state index contributed by atoms with van der Waals surface area (Å²) < 4.78 is 1.00. The van der Waals surface area contributed by atoms with E-state index in [1.165, 1.54) is 24.2 Å². The first-order valence-electron chi connectivity index (χ1n) is 7.68. The highest BCUT2D eigenvalue weighted by Gasteiger charge is 2.37. The number of hydrogen-bond acceptors (Lipinski definition) is 5. The van der Waals surface area contributed by atoms with E-state index in [4.69, 9.17) is 12.2 Å². The van der Waals surface area contributed by atoms with Gasteiger partial charge in [0.25, 0.3) is 11.6 Å². The second-order valence-electron chi connectivity index (χ2n) is 5.81. The average molecular weight is 427 g/mol. The van der Waals surface area contributed by atoms with E-state index in [1.54, 1.807) is 23.1 Å². The zero-order valence-corrected chi connectivity index (χ0v) is 16.0. The monoisotopic (exact) mass is 426 g/mol. The van der Waals surface area contributed by atoms with E-state index >= 15 is 0 Å². The van der Waals surface area contributed by atoms with Gasteiger partial charge in [0.05, 0.1) is 14.3 Å².